The number of nitrogens with one attached hydrogen (secondary N) is 2. The Kier molecular flexibility index (Phi) is 5.99. The second-order valence-electron chi connectivity index (χ2n) is 7.99. The van der Waals surface area contributed by atoms with Crippen molar-refractivity contribution < 1.29 is 19.1 Å². The summed E-state index contributed by atoms with van der Waals surface area (Å²) < 4.78 is 11.0. The number of aryl methyl sites for hydroxylation is 1. The van der Waals surface area contributed by atoms with Crippen LogP contribution in [-0.2, 0) is 9.59 Å². The number of carbonyl (C=O) groups is 2. The average Bonchev–Trinajstić information content (AvgIpc) is 2.77. The van der Waals surface area contributed by atoms with Crippen LogP contribution in [0.2, 0.25) is 0 Å². The maximum Gasteiger partial charge on any atom is 0.255 e. The molecule has 7 heteroatoms. The summed E-state index contributed by atoms with van der Waals surface area (Å²) in [4.78, 5) is 31.0. The van der Waals surface area contributed by atoms with Crippen LogP contribution in [0.1, 0.15) is 43.4 Å². The van der Waals surface area contributed by atoms with Crippen molar-refractivity contribution >= 4 is 17.5 Å². The fourth-order valence-corrected chi connectivity index (χ4v) is 4.45. The van der Waals surface area contributed by atoms with Gasteiger partial charge in [-0.3, -0.25) is 9.59 Å². The van der Waals surface area contributed by atoms with E-state index in [1.54, 1.807) is 26.4 Å². The molecule has 2 aliphatic rings. The molecule has 2 aromatic rings. The van der Waals surface area contributed by atoms with Gasteiger partial charge in [0.1, 0.15) is 17.3 Å². The lowest BCUT2D eigenvalue weighted by atomic mass is 9.74. The Bertz CT molecular complexity index is 1150. The maximum absolute atomic E-state index is 13.5. The molecule has 1 aromatic heterocycles. The zero-order valence-electron chi connectivity index (χ0n) is 18.7. The van der Waals surface area contributed by atoms with Crippen LogP contribution in [0.3, 0.4) is 0 Å². The molecule has 4 rings (SSSR count). The standard InChI is InChI=1S/C25H27N3O4/c1-14-7-5-10-21(26-14)28-25(30)22-15(2)27-18-8-6-9-19(29)24(18)23(22)17-12-11-16(31-3)13-20(17)32-4/h5,7,10-13,23,27H,6,8-9H2,1-4H3,(H,26,28,30). The van der Waals surface area contributed by atoms with Crippen LogP contribution in [0, 0.1) is 6.92 Å². The molecule has 0 radical (unpaired) electrons. The van der Waals surface area contributed by atoms with E-state index >= 15 is 0 Å². The van der Waals surface area contributed by atoms with Crippen molar-refractivity contribution in [1.82, 2.24) is 10.3 Å². The molecule has 1 aliphatic carbocycles. The van der Waals surface area contributed by atoms with Crippen molar-refractivity contribution in [3.63, 3.8) is 0 Å². The number of amides is 1. The summed E-state index contributed by atoms with van der Waals surface area (Å²) in [6.45, 7) is 3.73. The van der Waals surface area contributed by atoms with Crippen LogP contribution < -0.4 is 20.1 Å². The van der Waals surface area contributed by atoms with Gasteiger partial charge in [-0.2, -0.15) is 0 Å². The lowest BCUT2D eigenvalue weighted by Gasteiger charge is -2.35. The van der Waals surface area contributed by atoms with Gasteiger partial charge in [-0.1, -0.05) is 12.1 Å². The Morgan fingerprint density at radius 2 is 1.94 bits per heavy atom. The highest BCUT2D eigenvalue weighted by Gasteiger charge is 2.39. The topological polar surface area (TPSA) is 89.5 Å². The van der Waals surface area contributed by atoms with E-state index in [2.05, 4.69) is 15.6 Å². The van der Waals surface area contributed by atoms with Gasteiger partial charge in [0, 0.05) is 46.3 Å². The number of methoxy groups -OCH3 is 2. The van der Waals surface area contributed by atoms with Gasteiger partial charge in [0.05, 0.1) is 20.1 Å². The number of benzene rings is 1. The maximum atomic E-state index is 13.5. The Labute approximate surface area is 187 Å². The summed E-state index contributed by atoms with van der Waals surface area (Å²) in [5.41, 5.74) is 4.26. The van der Waals surface area contributed by atoms with E-state index in [9.17, 15) is 9.59 Å². The van der Waals surface area contributed by atoms with Gasteiger partial charge < -0.3 is 20.1 Å². The summed E-state index contributed by atoms with van der Waals surface area (Å²) in [6, 6.07) is 10.9. The van der Waals surface area contributed by atoms with Crippen molar-refractivity contribution in [2.75, 3.05) is 19.5 Å². The predicted octanol–water partition coefficient (Wildman–Crippen LogP) is 4.01. The molecule has 166 valence electrons. The van der Waals surface area contributed by atoms with Gasteiger partial charge >= 0.3 is 0 Å². The predicted molar refractivity (Wildman–Crippen MR) is 122 cm³/mol. The van der Waals surface area contributed by atoms with Crippen molar-refractivity contribution in [1.29, 1.82) is 0 Å². The van der Waals surface area contributed by atoms with Crippen molar-refractivity contribution in [2.45, 2.75) is 39.0 Å². The molecule has 2 N–H and O–H groups in total. The van der Waals surface area contributed by atoms with E-state index < -0.39 is 5.92 Å². The van der Waals surface area contributed by atoms with E-state index in [-0.39, 0.29) is 11.7 Å². The number of ether oxygens (including phenoxy) is 2. The molecule has 1 atom stereocenters. The summed E-state index contributed by atoms with van der Waals surface area (Å²) in [7, 11) is 3.16. The third-order valence-electron chi connectivity index (χ3n) is 5.90. The molecule has 1 amide bonds. The molecule has 1 unspecified atom stereocenters. The first-order valence-electron chi connectivity index (χ1n) is 10.6. The van der Waals surface area contributed by atoms with Crippen LogP contribution in [0.4, 0.5) is 5.82 Å². The molecule has 32 heavy (non-hydrogen) atoms. The molecular weight excluding hydrogens is 406 g/mol. The molecule has 1 aromatic carbocycles. The average molecular weight is 434 g/mol. The number of hydrogen-bond acceptors (Lipinski definition) is 6. The summed E-state index contributed by atoms with van der Waals surface area (Å²) >= 11 is 0. The number of rotatable bonds is 5. The molecule has 7 nitrogen and oxygen atoms in total. The highest BCUT2D eigenvalue weighted by atomic mass is 16.5. The number of hydrogen-bond donors (Lipinski definition) is 2. The van der Waals surface area contributed by atoms with E-state index in [0.29, 0.717) is 40.6 Å². The largest absolute Gasteiger partial charge is 0.497 e. The molecule has 1 aliphatic heterocycles. The Balaban J connectivity index is 1.84. The first kappa shape index (κ1) is 21.6. The molecular formula is C25H27N3O4. The quantitative estimate of drug-likeness (QED) is 0.741. The van der Waals surface area contributed by atoms with E-state index in [1.807, 2.05) is 38.1 Å². The Morgan fingerprint density at radius 3 is 2.66 bits per heavy atom. The van der Waals surface area contributed by atoms with Crippen LogP contribution >= 0.6 is 0 Å². The third kappa shape index (κ3) is 3.98. The molecule has 0 spiro atoms. The minimum Gasteiger partial charge on any atom is -0.497 e. The van der Waals surface area contributed by atoms with E-state index in [1.165, 1.54) is 0 Å². The summed E-state index contributed by atoms with van der Waals surface area (Å²) in [5, 5.41) is 6.23. The zero-order chi connectivity index (χ0) is 22.8. The normalized spacial score (nSPS) is 18.1. The van der Waals surface area contributed by atoms with Gasteiger partial charge in [0.15, 0.2) is 5.78 Å². The number of aromatic nitrogens is 1. The number of dihydropyridines is 1. The summed E-state index contributed by atoms with van der Waals surface area (Å²) in [6.07, 6.45) is 2.02. The number of carbonyl (C=O) groups excluding carboxylic acids is 2. The number of ketones is 1. The van der Waals surface area contributed by atoms with Crippen LogP contribution in [-0.4, -0.2) is 30.9 Å². The minimum absolute atomic E-state index is 0.0492. The first-order chi connectivity index (χ1) is 15.4. The fraction of sp³-hybridized carbons (Fsp3) is 0.320. The van der Waals surface area contributed by atoms with Gasteiger partial charge in [-0.25, -0.2) is 4.98 Å². The van der Waals surface area contributed by atoms with Crippen molar-refractivity contribution in [2.24, 2.45) is 0 Å². The Morgan fingerprint density at radius 1 is 1.12 bits per heavy atom. The number of pyridine rings is 1. The van der Waals surface area contributed by atoms with Crippen LogP contribution in [0.15, 0.2) is 58.9 Å². The number of anilines is 1. The molecule has 2 heterocycles. The minimum atomic E-state index is -0.551. The van der Waals surface area contributed by atoms with Gasteiger partial charge in [0.25, 0.3) is 5.91 Å². The van der Waals surface area contributed by atoms with E-state index in [4.69, 9.17) is 9.47 Å². The van der Waals surface area contributed by atoms with Crippen LogP contribution in [0.25, 0.3) is 0 Å². The zero-order valence-corrected chi connectivity index (χ0v) is 18.7. The fourth-order valence-electron chi connectivity index (χ4n) is 4.45. The second kappa shape index (κ2) is 8.86. The second-order valence-corrected chi connectivity index (χ2v) is 7.99. The lowest BCUT2D eigenvalue weighted by Crippen LogP contribution is -2.35. The first-order valence-corrected chi connectivity index (χ1v) is 10.6. The van der Waals surface area contributed by atoms with Gasteiger partial charge in [0.2, 0.25) is 0 Å². The summed E-state index contributed by atoms with van der Waals surface area (Å²) in [5.74, 6) is 0.858. The monoisotopic (exact) mass is 433 g/mol. The number of nitrogens with zero attached hydrogens (tertiary/aromatic N) is 1. The van der Waals surface area contributed by atoms with Gasteiger partial charge in [-0.15, -0.1) is 0 Å². The van der Waals surface area contributed by atoms with E-state index in [0.717, 1.165) is 29.8 Å². The van der Waals surface area contributed by atoms with Crippen molar-refractivity contribution in [3.05, 3.63) is 70.2 Å². The molecule has 0 fully saturated rings. The molecule has 0 saturated carbocycles. The van der Waals surface area contributed by atoms with Crippen molar-refractivity contribution in [3.8, 4) is 11.5 Å². The third-order valence-corrected chi connectivity index (χ3v) is 5.90. The number of allylic oxidation sites excluding steroid dienone is 3. The number of Topliss-reactive ketones (excluding diaryl/α,β-unsaturated/α-hetero) is 1. The molecule has 0 saturated heterocycles. The van der Waals surface area contributed by atoms with Gasteiger partial charge in [-0.05, 0) is 44.9 Å². The molecule has 0 bridgehead atoms. The smallest absolute Gasteiger partial charge is 0.255 e. The lowest BCUT2D eigenvalue weighted by molar-refractivity contribution is -0.116. The SMILES string of the molecule is COc1ccc(C2C(C(=O)Nc3cccc(C)n3)=C(C)NC3=C2C(=O)CCC3)c(OC)c1. The van der Waals surface area contributed by atoms with Crippen LogP contribution in [0.5, 0.6) is 11.5 Å². The highest BCUT2D eigenvalue weighted by molar-refractivity contribution is 6.09. The Hall–Kier alpha value is -3.61. The highest BCUT2D eigenvalue weighted by Crippen LogP contribution is 2.45.